The normalized spacial score (nSPS) is 15.4. The highest BCUT2D eigenvalue weighted by molar-refractivity contribution is 7.92. The van der Waals surface area contributed by atoms with Crippen LogP contribution in [0.5, 0.6) is 5.75 Å². The summed E-state index contributed by atoms with van der Waals surface area (Å²) in [5, 5.41) is 0.549. The lowest BCUT2D eigenvalue weighted by molar-refractivity contribution is 0.0602. The van der Waals surface area contributed by atoms with Gasteiger partial charge in [0, 0.05) is 11.6 Å². The molecule has 0 saturated carbocycles. The molecule has 0 spiro atoms. The number of hydrogen-bond acceptors (Lipinski definition) is 6. The lowest BCUT2D eigenvalue weighted by Gasteiger charge is -2.35. The molecule has 1 aliphatic heterocycles. The van der Waals surface area contributed by atoms with Crippen LogP contribution in [-0.2, 0) is 14.8 Å². The van der Waals surface area contributed by atoms with Crippen molar-refractivity contribution in [3.05, 3.63) is 90.1 Å². The summed E-state index contributed by atoms with van der Waals surface area (Å²) in [5.74, 6) is -0.799. The molecule has 1 aliphatic rings. The topological polar surface area (TPSA) is 94.9 Å². The van der Waals surface area contributed by atoms with Gasteiger partial charge in [-0.3, -0.25) is 13.7 Å². The highest BCUT2D eigenvalue weighted by Gasteiger charge is 2.38. The summed E-state index contributed by atoms with van der Waals surface area (Å²) in [6, 6.07) is 20.2. The van der Waals surface area contributed by atoms with E-state index >= 15 is 0 Å². The standard InChI is InChI=1S/C26H22N2O6S/c1-17-12-13-23-22(14-17)28(35(31,32)18-8-4-3-5-9-18)16-24(34-23)25(29)27-15-20(26(30)33-2)19-10-6-7-11-21(19)27/h3-15,24H,16H2,1-2H3. The Balaban J connectivity index is 1.60. The van der Waals surface area contributed by atoms with Crippen molar-refractivity contribution in [2.45, 2.75) is 17.9 Å². The minimum Gasteiger partial charge on any atom is -0.476 e. The summed E-state index contributed by atoms with van der Waals surface area (Å²) < 4.78 is 40.6. The van der Waals surface area contributed by atoms with Crippen molar-refractivity contribution in [2.24, 2.45) is 0 Å². The van der Waals surface area contributed by atoms with Crippen molar-refractivity contribution < 1.29 is 27.5 Å². The third-order valence-electron chi connectivity index (χ3n) is 5.95. The minimum atomic E-state index is -3.98. The first-order chi connectivity index (χ1) is 16.8. The van der Waals surface area contributed by atoms with E-state index < -0.39 is 28.0 Å². The molecule has 2 heterocycles. The molecule has 0 amide bonds. The van der Waals surface area contributed by atoms with Crippen LogP contribution in [-0.4, -0.2) is 44.6 Å². The summed E-state index contributed by atoms with van der Waals surface area (Å²) in [6.45, 7) is 1.62. The second-order valence-electron chi connectivity index (χ2n) is 8.19. The van der Waals surface area contributed by atoms with Gasteiger partial charge in [0.1, 0.15) is 5.75 Å². The van der Waals surface area contributed by atoms with Crippen LogP contribution >= 0.6 is 0 Å². The number of anilines is 1. The monoisotopic (exact) mass is 490 g/mol. The molecule has 3 aromatic carbocycles. The van der Waals surface area contributed by atoms with Gasteiger partial charge in [-0.2, -0.15) is 0 Å². The van der Waals surface area contributed by atoms with E-state index in [-0.39, 0.29) is 22.8 Å². The Hall–Kier alpha value is -4.11. The zero-order valence-electron chi connectivity index (χ0n) is 19.0. The SMILES string of the molecule is COC(=O)c1cn(C(=O)C2CN(S(=O)(=O)c3ccccc3)c3cc(C)ccc3O2)c2ccccc12. The Bertz CT molecular complexity index is 1560. The van der Waals surface area contributed by atoms with Crippen LogP contribution in [0.15, 0.2) is 83.9 Å². The molecule has 4 aromatic rings. The van der Waals surface area contributed by atoms with Gasteiger partial charge in [-0.25, -0.2) is 13.2 Å². The first-order valence-corrected chi connectivity index (χ1v) is 12.3. The van der Waals surface area contributed by atoms with Crippen LogP contribution in [0.2, 0.25) is 0 Å². The van der Waals surface area contributed by atoms with Gasteiger partial charge in [-0.1, -0.05) is 42.5 Å². The van der Waals surface area contributed by atoms with E-state index in [4.69, 9.17) is 9.47 Å². The minimum absolute atomic E-state index is 0.111. The molecule has 0 saturated heterocycles. The number of hydrogen-bond donors (Lipinski definition) is 0. The van der Waals surface area contributed by atoms with E-state index in [0.29, 0.717) is 16.6 Å². The molecular formula is C26H22N2O6S. The van der Waals surface area contributed by atoms with Crippen molar-refractivity contribution in [2.75, 3.05) is 18.0 Å². The molecule has 0 N–H and O–H groups in total. The number of sulfonamides is 1. The summed E-state index contributed by atoms with van der Waals surface area (Å²) in [6.07, 6.45) is 0.257. The van der Waals surface area contributed by atoms with Crippen molar-refractivity contribution in [3.8, 4) is 5.75 Å². The van der Waals surface area contributed by atoms with Crippen LogP contribution in [0, 0.1) is 6.92 Å². The van der Waals surface area contributed by atoms with E-state index in [0.717, 1.165) is 5.56 Å². The smallest absolute Gasteiger partial charge is 0.340 e. The van der Waals surface area contributed by atoms with E-state index in [2.05, 4.69) is 0 Å². The van der Waals surface area contributed by atoms with Gasteiger partial charge in [0.05, 0.1) is 35.3 Å². The fourth-order valence-electron chi connectivity index (χ4n) is 4.23. The quantitative estimate of drug-likeness (QED) is 0.401. The lowest BCUT2D eigenvalue weighted by Crippen LogP contribution is -2.48. The zero-order valence-corrected chi connectivity index (χ0v) is 19.9. The number of esters is 1. The first-order valence-electron chi connectivity index (χ1n) is 10.9. The summed E-state index contributed by atoms with van der Waals surface area (Å²) >= 11 is 0. The summed E-state index contributed by atoms with van der Waals surface area (Å²) in [5.41, 5.74) is 1.95. The van der Waals surface area contributed by atoms with Crippen molar-refractivity contribution in [1.29, 1.82) is 0 Å². The fraction of sp³-hybridized carbons (Fsp3) is 0.154. The Labute approximate surface area is 202 Å². The molecule has 1 unspecified atom stereocenters. The Morgan fingerprint density at radius 1 is 1.00 bits per heavy atom. The number of para-hydroxylation sites is 1. The summed E-state index contributed by atoms with van der Waals surface area (Å²) in [7, 11) is -2.71. The molecule has 0 aliphatic carbocycles. The largest absolute Gasteiger partial charge is 0.476 e. The number of rotatable bonds is 4. The maximum atomic E-state index is 13.7. The fourth-order valence-corrected chi connectivity index (χ4v) is 5.72. The molecule has 8 nitrogen and oxygen atoms in total. The van der Waals surface area contributed by atoms with E-state index in [9.17, 15) is 18.0 Å². The van der Waals surface area contributed by atoms with Gasteiger partial charge < -0.3 is 9.47 Å². The van der Waals surface area contributed by atoms with Gasteiger partial charge in [0.15, 0.2) is 6.10 Å². The van der Waals surface area contributed by atoms with Crippen molar-refractivity contribution >= 4 is 38.5 Å². The molecule has 0 bridgehead atoms. The highest BCUT2D eigenvalue weighted by atomic mass is 32.2. The van der Waals surface area contributed by atoms with Crippen LogP contribution in [0.1, 0.15) is 20.7 Å². The molecule has 178 valence electrons. The highest BCUT2D eigenvalue weighted by Crippen LogP contribution is 2.38. The van der Waals surface area contributed by atoms with Crippen LogP contribution in [0.3, 0.4) is 0 Å². The van der Waals surface area contributed by atoms with Gasteiger partial charge >= 0.3 is 5.97 Å². The van der Waals surface area contributed by atoms with Gasteiger partial charge in [-0.15, -0.1) is 0 Å². The van der Waals surface area contributed by atoms with Gasteiger partial charge in [-0.05, 0) is 42.8 Å². The zero-order chi connectivity index (χ0) is 24.7. The van der Waals surface area contributed by atoms with Crippen LogP contribution in [0.25, 0.3) is 10.9 Å². The van der Waals surface area contributed by atoms with Crippen molar-refractivity contribution in [3.63, 3.8) is 0 Å². The number of ether oxygens (including phenoxy) is 2. The maximum Gasteiger partial charge on any atom is 0.340 e. The number of aromatic nitrogens is 1. The number of carbonyl (C=O) groups is 2. The predicted molar refractivity (Wildman–Crippen MR) is 130 cm³/mol. The Morgan fingerprint density at radius 2 is 1.71 bits per heavy atom. The molecule has 1 atom stereocenters. The molecule has 9 heteroatoms. The second-order valence-corrected chi connectivity index (χ2v) is 10.0. The average Bonchev–Trinajstić information content (AvgIpc) is 3.27. The number of carbonyl (C=O) groups excluding carboxylic acids is 2. The molecule has 35 heavy (non-hydrogen) atoms. The number of fused-ring (bicyclic) bond motifs is 2. The summed E-state index contributed by atoms with van der Waals surface area (Å²) in [4.78, 5) is 26.1. The first kappa shape index (κ1) is 22.7. The van der Waals surface area contributed by atoms with Crippen molar-refractivity contribution in [1.82, 2.24) is 4.57 Å². The van der Waals surface area contributed by atoms with E-state index in [1.807, 2.05) is 6.92 Å². The molecular weight excluding hydrogens is 468 g/mol. The van der Waals surface area contributed by atoms with Crippen LogP contribution < -0.4 is 9.04 Å². The lowest BCUT2D eigenvalue weighted by atomic mass is 10.1. The average molecular weight is 491 g/mol. The number of benzene rings is 3. The third-order valence-corrected chi connectivity index (χ3v) is 7.74. The van der Waals surface area contributed by atoms with Gasteiger partial charge in [0.25, 0.3) is 15.9 Å². The molecule has 0 fully saturated rings. The van der Waals surface area contributed by atoms with E-state index in [1.54, 1.807) is 60.7 Å². The molecule has 0 radical (unpaired) electrons. The Kier molecular flexibility index (Phi) is 5.56. The third kappa shape index (κ3) is 3.83. The van der Waals surface area contributed by atoms with Gasteiger partial charge in [0.2, 0.25) is 0 Å². The number of methoxy groups -OCH3 is 1. The second kappa shape index (κ2) is 8.59. The predicted octanol–water partition coefficient (Wildman–Crippen LogP) is 4.03. The number of nitrogens with zero attached hydrogens (tertiary/aromatic N) is 2. The molecule has 5 rings (SSSR count). The molecule has 1 aromatic heterocycles. The number of aryl methyl sites for hydroxylation is 1. The maximum absolute atomic E-state index is 13.7. The van der Waals surface area contributed by atoms with Crippen LogP contribution in [0.4, 0.5) is 5.69 Å². The van der Waals surface area contributed by atoms with E-state index in [1.165, 1.54) is 34.3 Å². The Morgan fingerprint density at radius 3 is 2.46 bits per heavy atom.